The van der Waals surface area contributed by atoms with Gasteiger partial charge in [0.15, 0.2) is 0 Å². The van der Waals surface area contributed by atoms with Crippen molar-refractivity contribution in [3.63, 3.8) is 0 Å². The van der Waals surface area contributed by atoms with E-state index < -0.39 is 0 Å². The molecule has 0 saturated heterocycles. The molecule has 0 radical (unpaired) electrons. The van der Waals surface area contributed by atoms with Crippen LogP contribution in [0.1, 0.15) is 19.4 Å². The normalized spacial score (nSPS) is 12.7. The molecule has 0 bridgehead atoms. The minimum absolute atomic E-state index is 1.14. The molecule has 0 aliphatic heterocycles. The molecule has 0 aliphatic carbocycles. The molecule has 132 valence electrons. The van der Waals surface area contributed by atoms with Crippen LogP contribution in [0.5, 0.6) is 0 Å². The zero-order valence-corrected chi connectivity index (χ0v) is 15.8. The fraction of sp³-hybridized carbons (Fsp3) is 0.0769. The molecule has 1 heteroatoms. The highest BCUT2D eigenvalue weighted by Gasteiger charge is 2.12. The Morgan fingerprint density at radius 3 is 2.30 bits per heavy atom. The number of fused-ring (bicyclic) bond motifs is 3. The second-order valence-corrected chi connectivity index (χ2v) is 6.76. The van der Waals surface area contributed by atoms with E-state index in [1.807, 2.05) is 6.08 Å². The molecule has 4 aromatic rings. The van der Waals surface area contributed by atoms with Crippen LogP contribution in [-0.2, 0) is 0 Å². The lowest BCUT2D eigenvalue weighted by atomic mass is 10.0. The summed E-state index contributed by atoms with van der Waals surface area (Å²) in [4.78, 5) is 0. The molecule has 0 fully saturated rings. The van der Waals surface area contributed by atoms with Gasteiger partial charge in [0.2, 0.25) is 0 Å². The first-order valence-electron chi connectivity index (χ1n) is 9.29. The molecule has 27 heavy (non-hydrogen) atoms. The van der Waals surface area contributed by atoms with E-state index in [0.29, 0.717) is 0 Å². The Morgan fingerprint density at radius 2 is 1.56 bits per heavy atom. The van der Waals surface area contributed by atoms with Crippen molar-refractivity contribution in [3.05, 3.63) is 109 Å². The smallest absolute Gasteiger partial charge is 0.0541 e. The maximum Gasteiger partial charge on any atom is 0.0541 e. The summed E-state index contributed by atoms with van der Waals surface area (Å²) in [6.45, 7) is 8.19. The predicted molar refractivity (Wildman–Crippen MR) is 118 cm³/mol. The standard InChI is InChI=1S/C26H23N/c1-4-19(3)17-20(5-2)21-15-16-26-24(18-21)23-13-9-10-14-25(23)27(26)22-11-7-6-8-12-22/h4-18H,2H2,1,3H3/b19-4-,20-17+. The van der Waals surface area contributed by atoms with Gasteiger partial charge in [-0.15, -0.1) is 0 Å². The third-order valence-corrected chi connectivity index (χ3v) is 5.08. The van der Waals surface area contributed by atoms with E-state index in [2.05, 4.69) is 110 Å². The molecule has 0 aliphatic rings. The molecule has 1 nitrogen and oxygen atoms in total. The summed E-state index contributed by atoms with van der Waals surface area (Å²) < 4.78 is 2.34. The van der Waals surface area contributed by atoms with E-state index in [-0.39, 0.29) is 0 Å². The fourth-order valence-corrected chi connectivity index (χ4v) is 3.60. The van der Waals surface area contributed by atoms with Crippen molar-refractivity contribution in [2.24, 2.45) is 0 Å². The van der Waals surface area contributed by atoms with Gasteiger partial charge in [0.1, 0.15) is 0 Å². The van der Waals surface area contributed by atoms with Crippen LogP contribution >= 0.6 is 0 Å². The lowest BCUT2D eigenvalue weighted by molar-refractivity contribution is 1.18. The van der Waals surface area contributed by atoms with Crippen LogP contribution in [-0.4, -0.2) is 4.57 Å². The first-order chi connectivity index (χ1) is 13.2. The Hall–Kier alpha value is -3.32. The molecule has 0 saturated carbocycles. The van der Waals surface area contributed by atoms with Crippen LogP contribution in [0.4, 0.5) is 0 Å². The number of benzene rings is 3. The molecule has 4 rings (SSSR count). The van der Waals surface area contributed by atoms with Crippen LogP contribution in [0.25, 0.3) is 33.1 Å². The largest absolute Gasteiger partial charge is 0.309 e. The van der Waals surface area contributed by atoms with E-state index in [1.165, 1.54) is 38.6 Å². The van der Waals surface area contributed by atoms with Gasteiger partial charge in [-0.2, -0.15) is 0 Å². The van der Waals surface area contributed by atoms with Gasteiger partial charge in [0.05, 0.1) is 11.0 Å². The van der Waals surface area contributed by atoms with E-state index >= 15 is 0 Å². The van der Waals surface area contributed by atoms with Gasteiger partial charge in [-0.05, 0) is 55.3 Å². The van der Waals surface area contributed by atoms with Crippen LogP contribution in [0.2, 0.25) is 0 Å². The van der Waals surface area contributed by atoms with E-state index in [4.69, 9.17) is 0 Å². The molecule has 0 unspecified atom stereocenters. The quantitative estimate of drug-likeness (QED) is 0.340. The Bertz CT molecular complexity index is 1190. The second kappa shape index (κ2) is 7.13. The predicted octanol–water partition coefficient (Wildman–Crippen LogP) is 7.32. The second-order valence-electron chi connectivity index (χ2n) is 6.76. The minimum Gasteiger partial charge on any atom is -0.309 e. The summed E-state index contributed by atoms with van der Waals surface area (Å²) in [5.74, 6) is 0. The van der Waals surface area contributed by atoms with Crippen LogP contribution in [0.3, 0.4) is 0 Å². The number of allylic oxidation sites excluding steroid dienone is 5. The molecular weight excluding hydrogens is 326 g/mol. The maximum absolute atomic E-state index is 4.02. The lowest BCUT2D eigenvalue weighted by Gasteiger charge is -2.08. The van der Waals surface area contributed by atoms with Gasteiger partial charge in [0.25, 0.3) is 0 Å². The zero-order valence-electron chi connectivity index (χ0n) is 15.8. The van der Waals surface area contributed by atoms with Crippen molar-refractivity contribution in [1.29, 1.82) is 0 Å². The highest BCUT2D eigenvalue weighted by atomic mass is 15.0. The average Bonchev–Trinajstić information content (AvgIpc) is 3.06. The summed E-state index contributed by atoms with van der Waals surface area (Å²) in [5.41, 5.74) is 7.19. The average molecular weight is 349 g/mol. The molecule has 0 atom stereocenters. The summed E-state index contributed by atoms with van der Waals surface area (Å²) in [6, 6.07) is 25.8. The van der Waals surface area contributed by atoms with E-state index in [1.54, 1.807) is 0 Å². The molecule has 0 amide bonds. The SMILES string of the molecule is C=C/C(=C\C(C)=C/C)c1ccc2c(c1)c1ccccc1n2-c1ccccc1. The van der Waals surface area contributed by atoms with Gasteiger partial charge < -0.3 is 4.57 Å². The highest BCUT2D eigenvalue weighted by Crippen LogP contribution is 2.34. The Balaban J connectivity index is 2.02. The van der Waals surface area contributed by atoms with Crippen molar-refractivity contribution in [3.8, 4) is 5.69 Å². The van der Waals surface area contributed by atoms with Crippen molar-refractivity contribution in [1.82, 2.24) is 4.57 Å². The first kappa shape index (κ1) is 17.1. The summed E-state index contributed by atoms with van der Waals surface area (Å²) in [6.07, 6.45) is 6.23. The summed E-state index contributed by atoms with van der Waals surface area (Å²) in [5, 5.41) is 2.53. The van der Waals surface area contributed by atoms with Crippen molar-refractivity contribution < 1.29 is 0 Å². The minimum atomic E-state index is 1.14. The topological polar surface area (TPSA) is 4.93 Å². The van der Waals surface area contributed by atoms with Crippen molar-refractivity contribution in [2.45, 2.75) is 13.8 Å². The number of nitrogens with zero attached hydrogens (tertiary/aromatic N) is 1. The molecule has 1 aromatic heterocycles. The number of hydrogen-bond acceptors (Lipinski definition) is 0. The van der Waals surface area contributed by atoms with Crippen molar-refractivity contribution >= 4 is 27.4 Å². The zero-order chi connectivity index (χ0) is 18.8. The number of aromatic nitrogens is 1. The number of rotatable bonds is 4. The van der Waals surface area contributed by atoms with Gasteiger partial charge >= 0.3 is 0 Å². The number of hydrogen-bond donors (Lipinski definition) is 0. The van der Waals surface area contributed by atoms with Gasteiger partial charge in [-0.1, -0.05) is 72.8 Å². The summed E-state index contributed by atoms with van der Waals surface area (Å²) in [7, 11) is 0. The van der Waals surface area contributed by atoms with E-state index in [0.717, 1.165) is 5.57 Å². The third kappa shape index (κ3) is 3.02. The fourth-order valence-electron chi connectivity index (χ4n) is 3.60. The lowest BCUT2D eigenvalue weighted by Crippen LogP contribution is -1.93. The van der Waals surface area contributed by atoms with Gasteiger partial charge in [0, 0.05) is 16.5 Å². The third-order valence-electron chi connectivity index (χ3n) is 5.08. The molecule has 0 N–H and O–H groups in total. The first-order valence-corrected chi connectivity index (χ1v) is 9.29. The van der Waals surface area contributed by atoms with Crippen LogP contribution in [0.15, 0.2) is 103 Å². The van der Waals surface area contributed by atoms with Crippen LogP contribution < -0.4 is 0 Å². The highest BCUT2D eigenvalue weighted by molar-refractivity contribution is 6.10. The number of para-hydroxylation sites is 2. The maximum atomic E-state index is 4.02. The van der Waals surface area contributed by atoms with Gasteiger partial charge in [-0.3, -0.25) is 0 Å². The molecular formula is C26H23N. The Labute approximate surface area is 160 Å². The molecule has 0 spiro atoms. The van der Waals surface area contributed by atoms with Gasteiger partial charge in [-0.25, -0.2) is 0 Å². The van der Waals surface area contributed by atoms with Crippen molar-refractivity contribution in [2.75, 3.05) is 0 Å². The Kier molecular flexibility index (Phi) is 4.52. The van der Waals surface area contributed by atoms with E-state index in [9.17, 15) is 0 Å². The molecule has 1 heterocycles. The van der Waals surface area contributed by atoms with Crippen LogP contribution in [0, 0.1) is 0 Å². The summed E-state index contributed by atoms with van der Waals surface area (Å²) >= 11 is 0. The molecule has 3 aromatic carbocycles. The Morgan fingerprint density at radius 1 is 0.852 bits per heavy atom. The monoisotopic (exact) mass is 349 g/mol.